The Hall–Kier alpha value is -3.87. The number of aryl methyl sites for hydroxylation is 1. The zero-order chi connectivity index (χ0) is 26.4. The highest BCUT2D eigenvalue weighted by atomic mass is 32.2. The summed E-state index contributed by atoms with van der Waals surface area (Å²) in [7, 11) is -3.80. The van der Waals surface area contributed by atoms with Crippen LogP contribution in [0, 0.1) is 5.82 Å². The highest BCUT2D eigenvalue weighted by Crippen LogP contribution is 2.19. The Labute approximate surface area is 216 Å². The van der Waals surface area contributed by atoms with Crippen LogP contribution < -0.4 is 16.1 Å². The number of hydrazone groups is 1. The van der Waals surface area contributed by atoms with Crippen LogP contribution in [-0.2, 0) is 27.8 Å². The standard InChI is InChI=1S/C25H22FN5O4S2/c26-19-9-5-18(6-10-19)15-28-30-23(32)16-36-25-29-22-4-2-1-3-21(22)24(33)31(25)14-13-17-7-11-20(12-8-17)37(27,34)35/h1-12,15H,13-14,16H2,(H,30,32)(H2,27,34,35)/b28-15+. The number of carbonyl (C=O) groups is 1. The molecule has 3 aromatic carbocycles. The minimum atomic E-state index is -3.80. The highest BCUT2D eigenvalue weighted by molar-refractivity contribution is 7.99. The number of carbonyl (C=O) groups excluding carboxylic acids is 1. The topological polar surface area (TPSA) is 137 Å². The first kappa shape index (κ1) is 26.2. The number of amides is 1. The molecule has 0 saturated carbocycles. The number of hydrogen-bond donors (Lipinski definition) is 2. The number of benzene rings is 3. The van der Waals surface area contributed by atoms with Crippen LogP contribution in [0.3, 0.4) is 0 Å². The Balaban J connectivity index is 1.48. The van der Waals surface area contributed by atoms with E-state index in [9.17, 15) is 22.4 Å². The second-order valence-electron chi connectivity index (χ2n) is 7.94. The molecule has 0 fully saturated rings. The van der Waals surface area contributed by atoms with Gasteiger partial charge in [0, 0.05) is 6.54 Å². The fraction of sp³-hybridized carbons (Fsp3) is 0.120. The maximum Gasteiger partial charge on any atom is 0.262 e. The summed E-state index contributed by atoms with van der Waals surface area (Å²) in [6, 6.07) is 18.7. The van der Waals surface area contributed by atoms with Crippen molar-refractivity contribution in [1.82, 2.24) is 15.0 Å². The molecule has 4 rings (SSSR count). The first-order valence-corrected chi connectivity index (χ1v) is 13.6. The number of nitrogens with two attached hydrogens (primary N) is 1. The molecule has 0 aliphatic carbocycles. The Bertz CT molecular complexity index is 1620. The van der Waals surface area contributed by atoms with Crippen molar-refractivity contribution >= 4 is 44.8 Å². The third-order valence-electron chi connectivity index (χ3n) is 5.31. The highest BCUT2D eigenvalue weighted by Gasteiger charge is 2.14. The van der Waals surface area contributed by atoms with Crippen molar-refractivity contribution in [2.45, 2.75) is 23.0 Å². The molecule has 0 saturated heterocycles. The number of halogens is 1. The van der Waals surface area contributed by atoms with Gasteiger partial charge in [0.05, 0.1) is 27.8 Å². The number of aromatic nitrogens is 2. The van der Waals surface area contributed by atoms with Crippen molar-refractivity contribution < 1.29 is 17.6 Å². The van der Waals surface area contributed by atoms with Gasteiger partial charge in [-0.1, -0.05) is 48.2 Å². The fourth-order valence-corrected chi connectivity index (χ4v) is 4.76. The van der Waals surface area contributed by atoms with E-state index in [4.69, 9.17) is 5.14 Å². The van der Waals surface area contributed by atoms with Crippen LogP contribution in [0.2, 0.25) is 0 Å². The van der Waals surface area contributed by atoms with Gasteiger partial charge in [0.25, 0.3) is 11.5 Å². The molecule has 0 spiro atoms. The van der Waals surface area contributed by atoms with Crippen molar-refractivity contribution in [3.05, 3.63) is 100 Å². The normalized spacial score (nSPS) is 11.7. The molecule has 0 bridgehead atoms. The van der Waals surface area contributed by atoms with E-state index < -0.39 is 15.9 Å². The SMILES string of the molecule is NS(=O)(=O)c1ccc(CCn2c(SCC(=O)N/N=C/c3ccc(F)cc3)nc3ccccc3c2=O)cc1. The molecule has 9 nitrogen and oxygen atoms in total. The molecule has 0 aliphatic rings. The van der Waals surface area contributed by atoms with Gasteiger partial charge in [-0.3, -0.25) is 14.2 Å². The van der Waals surface area contributed by atoms with Crippen LogP contribution in [-0.4, -0.2) is 35.8 Å². The number of nitrogens with one attached hydrogen (secondary N) is 1. The number of thioether (sulfide) groups is 1. The number of nitrogens with zero attached hydrogens (tertiary/aromatic N) is 3. The van der Waals surface area contributed by atoms with E-state index in [0.29, 0.717) is 28.0 Å². The van der Waals surface area contributed by atoms with E-state index in [1.54, 1.807) is 36.4 Å². The quantitative estimate of drug-likeness (QED) is 0.145. The summed E-state index contributed by atoms with van der Waals surface area (Å²) in [5.74, 6) is -0.822. The van der Waals surface area contributed by atoms with Crippen LogP contribution >= 0.6 is 11.8 Å². The molecule has 0 aliphatic heterocycles. The molecule has 37 heavy (non-hydrogen) atoms. The van der Waals surface area contributed by atoms with Crippen LogP contribution in [0.1, 0.15) is 11.1 Å². The summed E-state index contributed by atoms with van der Waals surface area (Å²) in [5.41, 5.74) is 4.09. The predicted molar refractivity (Wildman–Crippen MR) is 140 cm³/mol. The summed E-state index contributed by atoms with van der Waals surface area (Å²) < 4.78 is 37.5. The van der Waals surface area contributed by atoms with E-state index in [1.165, 1.54) is 47.2 Å². The summed E-state index contributed by atoms with van der Waals surface area (Å²) in [4.78, 5) is 30.1. The van der Waals surface area contributed by atoms with Gasteiger partial charge in [-0.15, -0.1) is 0 Å². The van der Waals surface area contributed by atoms with Crippen LogP contribution in [0.15, 0.2) is 92.7 Å². The van der Waals surface area contributed by atoms with Crippen molar-refractivity contribution in [3.8, 4) is 0 Å². The van der Waals surface area contributed by atoms with E-state index >= 15 is 0 Å². The second-order valence-corrected chi connectivity index (χ2v) is 10.4. The van der Waals surface area contributed by atoms with Gasteiger partial charge in [0.15, 0.2) is 5.16 Å². The number of fused-ring (bicyclic) bond motifs is 1. The summed E-state index contributed by atoms with van der Waals surface area (Å²) in [5, 5.41) is 9.83. The van der Waals surface area contributed by atoms with Gasteiger partial charge in [-0.05, 0) is 53.9 Å². The molecule has 0 atom stereocenters. The van der Waals surface area contributed by atoms with E-state index in [2.05, 4.69) is 15.5 Å². The Morgan fingerprint density at radius 1 is 1.08 bits per heavy atom. The fourth-order valence-electron chi connectivity index (χ4n) is 3.43. The second kappa shape index (κ2) is 11.5. The van der Waals surface area contributed by atoms with Gasteiger partial charge >= 0.3 is 0 Å². The lowest BCUT2D eigenvalue weighted by molar-refractivity contribution is -0.118. The minimum Gasteiger partial charge on any atom is -0.287 e. The van der Waals surface area contributed by atoms with Crippen molar-refractivity contribution in [2.75, 3.05) is 5.75 Å². The maximum atomic E-state index is 13.2. The van der Waals surface area contributed by atoms with Gasteiger partial charge in [0.2, 0.25) is 10.0 Å². The van der Waals surface area contributed by atoms with Gasteiger partial charge in [-0.2, -0.15) is 5.10 Å². The number of hydrogen-bond acceptors (Lipinski definition) is 7. The number of rotatable bonds is 9. The van der Waals surface area contributed by atoms with Gasteiger partial charge in [-0.25, -0.2) is 28.4 Å². The van der Waals surface area contributed by atoms with E-state index in [-0.39, 0.29) is 28.6 Å². The van der Waals surface area contributed by atoms with Crippen LogP contribution in [0.4, 0.5) is 4.39 Å². The lowest BCUT2D eigenvalue weighted by Crippen LogP contribution is -2.26. The molecular weight excluding hydrogens is 517 g/mol. The van der Waals surface area contributed by atoms with Gasteiger partial charge in [0.1, 0.15) is 5.82 Å². The summed E-state index contributed by atoms with van der Waals surface area (Å²) in [6.07, 6.45) is 1.82. The third kappa shape index (κ3) is 6.88. The Morgan fingerprint density at radius 3 is 2.49 bits per heavy atom. The summed E-state index contributed by atoms with van der Waals surface area (Å²) in [6.45, 7) is 0.262. The van der Waals surface area contributed by atoms with Crippen LogP contribution in [0.5, 0.6) is 0 Å². The molecule has 0 radical (unpaired) electrons. The number of sulfonamides is 1. The smallest absolute Gasteiger partial charge is 0.262 e. The summed E-state index contributed by atoms with van der Waals surface area (Å²) >= 11 is 1.09. The molecule has 4 aromatic rings. The van der Waals surface area contributed by atoms with E-state index in [0.717, 1.165) is 17.3 Å². The van der Waals surface area contributed by atoms with E-state index in [1.807, 2.05) is 0 Å². The number of primary sulfonamides is 1. The van der Waals surface area contributed by atoms with Crippen molar-refractivity contribution in [3.63, 3.8) is 0 Å². The molecule has 190 valence electrons. The zero-order valence-corrected chi connectivity index (χ0v) is 21.0. The maximum absolute atomic E-state index is 13.2. The average molecular weight is 540 g/mol. The molecule has 1 amide bonds. The molecule has 1 aromatic heterocycles. The molecule has 0 unspecified atom stereocenters. The average Bonchev–Trinajstić information content (AvgIpc) is 2.88. The van der Waals surface area contributed by atoms with Crippen molar-refractivity contribution in [2.24, 2.45) is 10.2 Å². The molecule has 3 N–H and O–H groups in total. The van der Waals surface area contributed by atoms with Gasteiger partial charge < -0.3 is 0 Å². The van der Waals surface area contributed by atoms with Crippen LogP contribution in [0.25, 0.3) is 10.9 Å². The largest absolute Gasteiger partial charge is 0.287 e. The lowest BCUT2D eigenvalue weighted by Gasteiger charge is -2.13. The Kier molecular flexibility index (Phi) is 8.11. The first-order valence-electron chi connectivity index (χ1n) is 11.0. The molecule has 12 heteroatoms. The monoisotopic (exact) mass is 539 g/mol. The van der Waals surface area contributed by atoms with Crippen molar-refractivity contribution in [1.29, 1.82) is 0 Å². The minimum absolute atomic E-state index is 0.00475. The predicted octanol–water partition coefficient (Wildman–Crippen LogP) is 2.67. The molecule has 1 heterocycles. The third-order valence-corrected chi connectivity index (χ3v) is 7.21. The molecular formula is C25H22FN5O4S2. The zero-order valence-electron chi connectivity index (χ0n) is 19.4. The Morgan fingerprint density at radius 2 is 1.78 bits per heavy atom. The first-order chi connectivity index (χ1) is 17.7. The number of para-hydroxylation sites is 1. The lowest BCUT2D eigenvalue weighted by atomic mass is 10.1.